The van der Waals surface area contributed by atoms with E-state index in [2.05, 4.69) is 21.0 Å². The number of nitrogens with zero attached hydrogens (tertiary/aromatic N) is 2. The first kappa shape index (κ1) is 15.7. The van der Waals surface area contributed by atoms with E-state index < -0.39 is 5.97 Å². The van der Waals surface area contributed by atoms with Crippen LogP contribution in [0.15, 0.2) is 51.7 Å². The van der Waals surface area contributed by atoms with Crippen LogP contribution in [0.3, 0.4) is 0 Å². The lowest BCUT2D eigenvalue weighted by molar-refractivity contribution is 0.0727. The van der Waals surface area contributed by atoms with Crippen LogP contribution in [0, 0.1) is 0 Å². The molecule has 2 aromatic carbocycles. The molecule has 0 spiro atoms. The van der Waals surface area contributed by atoms with E-state index in [4.69, 9.17) is 16.3 Å². The predicted molar refractivity (Wildman–Crippen MR) is 91.1 cm³/mol. The molecule has 0 aliphatic heterocycles. The van der Waals surface area contributed by atoms with Gasteiger partial charge in [-0.1, -0.05) is 29.8 Å². The number of ether oxygens (including phenoxy) is 1. The molecular weight excluding hydrogens is 384 g/mol. The number of rotatable bonds is 2. The molecule has 0 saturated carbocycles. The number of carbonyl (C=O) groups excluding carboxylic acids is 1. The van der Waals surface area contributed by atoms with Gasteiger partial charge in [0.05, 0.1) is 9.86 Å². The second-order valence-electron chi connectivity index (χ2n) is 4.79. The van der Waals surface area contributed by atoms with Crippen LogP contribution in [0.25, 0.3) is 10.8 Å². The second kappa shape index (κ2) is 6.14. The predicted octanol–water partition coefficient (Wildman–Crippen LogP) is 3.57. The van der Waals surface area contributed by atoms with Crippen molar-refractivity contribution in [1.82, 2.24) is 9.78 Å². The van der Waals surface area contributed by atoms with Gasteiger partial charge in [0, 0.05) is 17.5 Å². The summed E-state index contributed by atoms with van der Waals surface area (Å²) < 4.78 is 7.04. The molecular formula is C16H10BrClN2O3. The number of hydrogen-bond donors (Lipinski definition) is 0. The number of carbonyl (C=O) groups is 1. The van der Waals surface area contributed by atoms with Crippen LogP contribution in [-0.2, 0) is 7.05 Å². The van der Waals surface area contributed by atoms with Gasteiger partial charge in [-0.05, 0) is 40.2 Å². The maximum absolute atomic E-state index is 12.5. The normalized spacial score (nSPS) is 10.7. The molecule has 0 N–H and O–H groups in total. The summed E-state index contributed by atoms with van der Waals surface area (Å²) in [6, 6.07) is 11.6. The molecule has 0 amide bonds. The van der Waals surface area contributed by atoms with Gasteiger partial charge in [0.25, 0.3) is 5.56 Å². The average Bonchev–Trinajstić information content (AvgIpc) is 2.53. The maximum atomic E-state index is 12.5. The van der Waals surface area contributed by atoms with Gasteiger partial charge in [0.2, 0.25) is 0 Å². The van der Waals surface area contributed by atoms with Crippen LogP contribution >= 0.6 is 27.5 Å². The SMILES string of the molecule is Cn1nc(C(=O)Oc2ccc(Cl)cc2Br)c2ccccc2c1=O. The van der Waals surface area contributed by atoms with Crippen LogP contribution in [0.4, 0.5) is 0 Å². The number of aromatic nitrogens is 2. The summed E-state index contributed by atoms with van der Waals surface area (Å²) >= 11 is 9.15. The highest BCUT2D eigenvalue weighted by molar-refractivity contribution is 9.10. The van der Waals surface area contributed by atoms with Gasteiger partial charge >= 0.3 is 5.97 Å². The monoisotopic (exact) mass is 392 g/mol. The highest BCUT2D eigenvalue weighted by Gasteiger charge is 2.18. The minimum absolute atomic E-state index is 0.0737. The zero-order chi connectivity index (χ0) is 16.6. The highest BCUT2D eigenvalue weighted by Crippen LogP contribution is 2.29. The quantitative estimate of drug-likeness (QED) is 0.493. The summed E-state index contributed by atoms with van der Waals surface area (Å²) in [6.07, 6.45) is 0. The minimum atomic E-state index is -0.653. The molecule has 3 aromatic rings. The highest BCUT2D eigenvalue weighted by atomic mass is 79.9. The van der Waals surface area contributed by atoms with Crippen molar-refractivity contribution in [3.8, 4) is 5.75 Å². The Kier molecular flexibility index (Phi) is 4.19. The van der Waals surface area contributed by atoms with Crippen LogP contribution in [-0.4, -0.2) is 15.7 Å². The average molecular weight is 394 g/mol. The van der Waals surface area contributed by atoms with E-state index in [1.54, 1.807) is 42.5 Å². The Labute approximate surface area is 144 Å². The molecule has 0 fully saturated rings. The number of fused-ring (bicyclic) bond motifs is 1. The van der Waals surface area contributed by atoms with Crippen molar-refractivity contribution in [2.24, 2.45) is 7.05 Å². The Hall–Kier alpha value is -2.18. The van der Waals surface area contributed by atoms with Crippen molar-refractivity contribution in [1.29, 1.82) is 0 Å². The fourth-order valence-corrected chi connectivity index (χ4v) is 2.92. The summed E-state index contributed by atoms with van der Waals surface area (Å²) in [4.78, 5) is 24.6. The first-order valence-electron chi connectivity index (χ1n) is 6.60. The third kappa shape index (κ3) is 3.00. The van der Waals surface area contributed by atoms with E-state index in [0.29, 0.717) is 26.0 Å². The molecule has 23 heavy (non-hydrogen) atoms. The Morgan fingerprint density at radius 1 is 1.22 bits per heavy atom. The fourth-order valence-electron chi connectivity index (χ4n) is 2.16. The molecule has 3 rings (SSSR count). The van der Waals surface area contributed by atoms with E-state index in [1.165, 1.54) is 7.05 Å². The smallest absolute Gasteiger partial charge is 0.364 e. The number of hydrogen-bond acceptors (Lipinski definition) is 4. The molecule has 0 aliphatic rings. The van der Waals surface area contributed by atoms with E-state index in [-0.39, 0.29) is 11.3 Å². The Morgan fingerprint density at radius 3 is 2.61 bits per heavy atom. The largest absolute Gasteiger partial charge is 0.421 e. The number of aryl methyl sites for hydroxylation is 1. The van der Waals surface area contributed by atoms with Gasteiger partial charge < -0.3 is 4.74 Å². The summed E-state index contributed by atoms with van der Waals surface area (Å²) in [5.41, 5.74) is -0.200. The summed E-state index contributed by atoms with van der Waals surface area (Å²) in [5.74, 6) is -0.334. The summed E-state index contributed by atoms with van der Waals surface area (Å²) in [6.45, 7) is 0. The summed E-state index contributed by atoms with van der Waals surface area (Å²) in [5, 5.41) is 5.41. The van der Waals surface area contributed by atoms with Gasteiger partial charge in [0.1, 0.15) is 5.75 Å². The molecule has 0 radical (unpaired) electrons. The van der Waals surface area contributed by atoms with Crippen molar-refractivity contribution >= 4 is 44.3 Å². The molecule has 0 saturated heterocycles. The number of benzene rings is 2. The minimum Gasteiger partial charge on any atom is -0.421 e. The second-order valence-corrected chi connectivity index (χ2v) is 6.08. The van der Waals surface area contributed by atoms with Crippen molar-refractivity contribution in [2.75, 3.05) is 0 Å². The molecule has 0 aliphatic carbocycles. The molecule has 7 heteroatoms. The van der Waals surface area contributed by atoms with Gasteiger partial charge in [-0.15, -0.1) is 0 Å². The van der Waals surface area contributed by atoms with Crippen molar-refractivity contribution in [3.05, 3.63) is 68.0 Å². The Bertz CT molecular complexity index is 985. The molecule has 0 bridgehead atoms. The van der Waals surface area contributed by atoms with Gasteiger partial charge in [0.15, 0.2) is 5.69 Å². The zero-order valence-electron chi connectivity index (χ0n) is 11.9. The first-order valence-corrected chi connectivity index (χ1v) is 7.78. The molecule has 1 heterocycles. The van der Waals surface area contributed by atoms with E-state index >= 15 is 0 Å². The molecule has 5 nitrogen and oxygen atoms in total. The van der Waals surface area contributed by atoms with Crippen molar-refractivity contribution < 1.29 is 9.53 Å². The Balaban J connectivity index is 2.08. The van der Waals surface area contributed by atoms with E-state index in [1.807, 2.05) is 0 Å². The third-order valence-electron chi connectivity index (χ3n) is 3.25. The van der Waals surface area contributed by atoms with Gasteiger partial charge in [-0.25, -0.2) is 9.48 Å². The third-order valence-corrected chi connectivity index (χ3v) is 4.10. The topological polar surface area (TPSA) is 61.2 Å². The first-order chi connectivity index (χ1) is 11.0. The van der Waals surface area contributed by atoms with Crippen LogP contribution in [0.1, 0.15) is 10.5 Å². The lowest BCUT2D eigenvalue weighted by Crippen LogP contribution is -2.24. The molecule has 0 unspecified atom stereocenters. The molecule has 0 atom stereocenters. The zero-order valence-corrected chi connectivity index (χ0v) is 14.3. The van der Waals surface area contributed by atoms with Gasteiger partial charge in [-0.3, -0.25) is 4.79 Å². The van der Waals surface area contributed by atoms with Crippen molar-refractivity contribution in [2.45, 2.75) is 0 Å². The summed E-state index contributed by atoms with van der Waals surface area (Å²) in [7, 11) is 1.49. The fraction of sp³-hybridized carbons (Fsp3) is 0.0625. The molecule has 1 aromatic heterocycles. The van der Waals surface area contributed by atoms with Crippen LogP contribution in [0.5, 0.6) is 5.75 Å². The standard InChI is InChI=1S/C16H10BrClN2O3/c1-20-15(21)11-5-3-2-4-10(11)14(19-20)16(22)23-13-7-6-9(18)8-12(13)17/h2-8H,1H3. The van der Waals surface area contributed by atoms with E-state index in [0.717, 1.165) is 4.68 Å². The lowest BCUT2D eigenvalue weighted by atomic mass is 10.1. The van der Waals surface area contributed by atoms with Crippen LogP contribution in [0.2, 0.25) is 5.02 Å². The maximum Gasteiger partial charge on any atom is 0.364 e. The molecule has 116 valence electrons. The lowest BCUT2D eigenvalue weighted by Gasteiger charge is -2.09. The van der Waals surface area contributed by atoms with Gasteiger partial charge in [-0.2, -0.15) is 5.10 Å². The van der Waals surface area contributed by atoms with E-state index in [9.17, 15) is 9.59 Å². The number of esters is 1. The van der Waals surface area contributed by atoms with Crippen molar-refractivity contribution in [3.63, 3.8) is 0 Å². The van der Waals surface area contributed by atoms with Crippen LogP contribution < -0.4 is 10.3 Å². The Morgan fingerprint density at radius 2 is 1.91 bits per heavy atom. The number of halogens is 2.